The number of hydrogen-bond donors (Lipinski definition) is 3. The van der Waals surface area contributed by atoms with Crippen LogP contribution in [0, 0.1) is 29.6 Å². The van der Waals surface area contributed by atoms with Crippen molar-refractivity contribution in [2.45, 2.75) is 137 Å². The van der Waals surface area contributed by atoms with Crippen molar-refractivity contribution in [1.29, 1.82) is 0 Å². The van der Waals surface area contributed by atoms with Gasteiger partial charge in [-0.3, -0.25) is 33.7 Å². The lowest BCUT2D eigenvalue weighted by Gasteiger charge is -2.39. The number of aromatic hydroxyl groups is 1. The number of amides is 2. The summed E-state index contributed by atoms with van der Waals surface area (Å²) in [5, 5.41) is 24.1. The Morgan fingerprint density at radius 3 is 2.25 bits per heavy atom. The van der Waals surface area contributed by atoms with Crippen molar-refractivity contribution in [3.8, 4) is 5.75 Å². The molecule has 3 N–H and O–H groups in total. The number of ketones is 1. The number of carboxylic acids is 1. The molecule has 1 aliphatic rings. The van der Waals surface area contributed by atoms with Crippen molar-refractivity contribution in [3.63, 3.8) is 0 Å². The van der Waals surface area contributed by atoms with Crippen LogP contribution in [0.25, 0.3) is 0 Å². The van der Waals surface area contributed by atoms with Crippen LogP contribution in [0.15, 0.2) is 29.6 Å². The third kappa shape index (κ3) is 15.3. The maximum atomic E-state index is 14.9. The molecule has 2 amide bonds. The molecular formula is C44H66N4O10S. The minimum absolute atomic E-state index is 0.0119. The minimum Gasteiger partial charge on any atom is -0.508 e. The Bertz CT molecular complexity index is 1710. The van der Waals surface area contributed by atoms with Gasteiger partial charge in [-0.15, -0.1) is 11.3 Å². The summed E-state index contributed by atoms with van der Waals surface area (Å²) in [6.45, 7) is 14.8. The fraction of sp³-hybridized carbons (Fsp3) is 0.659. The Morgan fingerprint density at radius 2 is 1.68 bits per heavy atom. The lowest BCUT2D eigenvalue weighted by atomic mass is 9.82. The number of nitrogens with one attached hydrogen (secondary N) is 1. The van der Waals surface area contributed by atoms with Crippen LogP contribution < -0.4 is 5.32 Å². The molecule has 0 spiro atoms. The minimum atomic E-state index is -1.00. The van der Waals surface area contributed by atoms with E-state index in [2.05, 4.69) is 15.2 Å². The number of carbonyl (C=O) groups is 6. The van der Waals surface area contributed by atoms with E-state index in [-0.39, 0.29) is 79.3 Å². The highest BCUT2D eigenvalue weighted by molar-refractivity contribution is 7.09. The number of ether oxygens (including phenoxy) is 2. The van der Waals surface area contributed by atoms with Crippen LogP contribution in [0.2, 0.25) is 0 Å². The number of benzene rings is 1. The lowest BCUT2D eigenvalue weighted by molar-refractivity contribution is -0.162. The van der Waals surface area contributed by atoms with Crippen LogP contribution in [-0.2, 0) is 39.9 Å². The number of aromatic nitrogens is 1. The fourth-order valence-corrected chi connectivity index (χ4v) is 8.37. The second-order valence-electron chi connectivity index (χ2n) is 16.9. The molecular weight excluding hydrogens is 777 g/mol. The van der Waals surface area contributed by atoms with E-state index in [1.807, 2.05) is 48.6 Å². The van der Waals surface area contributed by atoms with E-state index in [1.54, 1.807) is 19.1 Å². The van der Waals surface area contributed by atoms with Crippen molar-refractivity contribution >= 4 is 46.8 Å². The van der Waals surface area contributed by atoms with E-state index in [4.69, 9.17) is 9.47 Å². The first kappa shape index (κ1) is 49.0. The summed E-state index contributed by atoms with van der Waals surface area (Å²) in [6, 6.07) is 4.94. The molecule has 0 saturated carbocycles. The molecule has 59 heavy (non-hydrogen) atoms. The number of carboxylic acid groups (broad SMARTS) is 1. The number of carbonyl (C=O) groups excluding carboxylic acids is 5. The normalized spacial score (nSPS) is 17.6. The molecule has 0 aliphatic carbocycles. The summed E-state index contributed by atoms with van der Waals surface area (Å²) >= 11 is 1.11. The summed E-state index contributed by atoms with van der Waals surface area (Å²) in [5.41, 5.74) is 0.829. The predicted octanol–water partition coefficient (Wildman–Crippen LogP) is 6.80. The first-order chi connectivity index (χ1) is 27.8. The smallest absolute Gasteiger partial charge is 0.307 e. The Morgan fingerprint density at radius 1 is 1.00 bits per heavy atom. The van der Waals surface area contributed by atoms with Gasteiger partial charge in [0, 0.05) is 49.6 Å². The number of Topliss-reactive ketones (excluding diaryl/α,β-unsaturated/α-hetero) is 1. The van der Waals surface area contributed by atoms with Gasteiger partial charge < -0.3 is 29.9 Å². The molecule has 1 fully saturated rings. The summed E-state index contributed by atoms with van der Waals surface area (Å²) in [4.78, 5) is 87.8. The highest BCUT2D eigenvalue weighted by Crippen LogP contribution is 2.34. The van der Waals surface area contributed by atoms with Gasteiger partial charge in [-0.1, -0.05) is 73.4 Å². The molecule has 1 aromatic heterocycles. The quantitative estimate of drug-likeness (QED) is 0.0784. The van der Waals surface area contributed by atoms with E-state index in [0.29, 0.717) is 17.8 Å². The van der Waals surface area contributed by atoms with Gasteiger partial charge in [-0.05, 0) is 74.7 Å². The number of phenolic OH excluding ortho intramolecular Hbond substituents is 1. The third-order valence-electron chi connectivity index (χ3n) is 11.2. The number of rotatable bonds is 23. The van der Waals surface area contributed by atoms with Crippen LogP contribution in [0.1, 0.15) is 134 Å². The Balaban J connectivity index is 1.96. The summed E-state index contributed by atoms with van der Waals surface area (Å²) in [7, 11) is 1.94. The van der Waals surface area contributed by atoms with Gasteiger partial charge >= 0.3 is 17.9 Å². The second kappa shape index (κ2) is 23.4. The van der Waals surface area contributed by atoms with Crippen molar-refractivity contribution in [3.05, 3.63) is 45.9 Å². The van der Waals surface area contributed by atoms with Crippen LogP contribution in [0.3, 0.4) is 0 Å². The first-order valence-electron chi connectivity index (χ1n) is 20.9. The second-order valence-corrected chi connectivity index (χ2v) is 17.8. The number of hydrogen-bond acceptors (Lipinski definition) is 12. The lowest BCUT2D eigenvalue weighted by Crippen LogP contribution is -2.50. The molecule has 0 bridgehead atoms. The number of likely N-dealkylation sites (N-methyl/N-ethyl adjacent to an activating group) is 1. The molecule has 14 nitrogen and oxygen atoms in total. The molecule has 0 unspecified atom stereocenters. The zero-order valence-electron chi connectivity index (χ0n) is 36.3. The number of likely N-dealkylation sites (tertiary alicyclic amines) is 1. The number of nitrogens with zero attached hydrogens (tertiary/aromatic N) is 3. The average Bonchev–Trinajstić information content (AvgIpc) is 3.67. The Hall–Kier alpha value is -4.37. The molecule has 2 heterocycles. The number of thiazole rings is 1. The summed E-state index contributed by atoms with van der Waals surface area (Å²) < 4.78 is 11.6. The Labute approximate surface area is 353 Å². The number of phenols is 1. The molecule has 0 radical (unpaired) electrons. The maximum Gasteiger partial charge on any atom is 0.307 e. The largest absolute Gasteiger partial charge is 0.508 e. The van der Waals surface area contributed by atoms with Gasteiger partial charge in [0.05, 0.1) is 12.0 Å². The molecule has 2 aromatic rings. The molecule has 3 rings (SSSR count). The maximum absolute atomic E-state index is 14.9. The summed E-state index contributed by atoms with van der Waals surface area (Å²) in [5.74, 6) is -4.66. The van der Waals surface area contributed by atoms with Crippen molar-refractivity contribution in [2.75, 3.05) is 20.3 Å². The van der Waals surface area contributed by atoms with E-state index >= 15 is 0 Å². The van der Waals surface area contributed by atoms with Gasteiger partial charge in [0.1, 0.15) is 16.5 Å². The van der Waals surface area contributed by atoms with Gasteiger partial charge in [0.25, 0.3) is 5.91 Å². The zero-order chi connectivity index (χ0) is 44.0. The SMILES string of the molecule is CC[C@H](C)[C@H](CC(=O)[C@H]1CCCCN1C)C(=O)N(COC(=O)CC(C)C)[C@H](C[C@@H](OC(C)=O)c1nc(C(=O)N[C@@H](Cc2ccc(O)cc2)C[C@H](C)C(=O)O)cs1)C(C)C. The van der Waals surface area contributed by atoms with Crippen LogP contribution >= 0.6 is 11.3 Å². The highest BCUT2D eigenvalue weighted by Gasteiger charge is 2.39. The molecule has 328 valence electrons. The third-order valence-corrected chi connectivity index (χ3v) is 12.1. The van der Waals surface area contributed by atoms with Crippen LogP contribution in [0.4, 0.5) is 0 Å². The van der Waals surface area contributed by atoms with Gasteiger partial charge in [0.15, 0.2) is 18.6 Å². The molecule has 1 aromatic carbocycles. The molecule has 1 aliphatic heterocycles. The monoisotopic (exact) mass is 842 g/mol. The zero-order valence-corrected chi connectivity index (χ0v) is 37.1. The van der Waals surface area contributed by atoms with Crippen LogP contribution in [-0.4, -0.2) is 99.0 Å². The predicted molar refractivity (Wildman–Crippen MR) is 224 cm³/mol. The molecule has 7 atom stereocenters. The van der Waals surface area contributed by atoms with E-state index < -0.39 is 53.8 Å². The topological polar surface area (TPSA) is 193 Å². The standard InChI is InChI=1S/C44H66N4O10S/c1-10-28(6)34(22-38(51)36-13-11-12-18-47(36)9)43(54)48(25-57-40(52)19-26(2)3)37(27(4)5)23-39(58-30(8)49)42-46-35(24-59-42)41(53)45-32(20-29(7)44(55)56)21-31-14-16-33(50)17-15-31/h14-17,24,26-29,32,34,36-37,39,50H,10-13,18-23,25H2,1-9H3,(H,45,53)(H,55,56)/t28-,29-,32+,34-,36+,37+,39+/m0/s1. The number of piperidine rings is 1. The average molecular weight is 843 g/mol. The molecule has 1 saturated heterocycles. The van der Waals surface area contributed by atoms with Gasteiger partial charge in [-0.2, -0.15) is 0 Å². The molecule has 15 heteroatoms. The number of esters is 2. The van der Waals surface area contributed by atoms with Crippen molar-refractivity contribution < 1.29 is 48.5 Å². The van der Waals surface area contributed by atoms with Gasteiger partial charge in [0.2, 0.25) is 5.91 Å². The number of aliphatic carboxylic acids is 1. The Kier molecular flexibility index (Phi) is 19.5. The highest BCUT2D eigenvalue weighted by atomic mass is 32.1. The van der Waals surface area contributed by atoms with Crippen LogP contribution in [0.5, 0.6) is 5.75 Å². The van der Waals surface area contributed by atoms with E-state index in [9.17, 15) is 39.0 Å². The fourth-order valence-electron chi connectivity index (χ4n) is 7.54. The first-order valence-corrected chi connectivity index (χ1v) is 21.8. The van der Waals surface area contributed by atoms with E-state index in [1.165, 1.54) is 29.3 Å². The summed E-state index contributed by atoms with van der Waals surface area (Å²) in [6.07, 6.45) is 3.04. The van der Waals surface area contributed by atoms with E-state index in [0.717, 1.165) is 42.7 Å². The van der Waals surface area contributed by atoms with Gasteiger partial charge in [-0.25, -0.2) is 4.98 Å². The van der Waals surface area contributed by atoms with Crippen molar-refractivity contribution in [2.24, 2.45) is 29.6 Å². The van der Waals surface area contributed by atoms with Crippen molar-refractivity contribution in [1.82, 2.24) is 20.1 Å².